The van der Waals surface area contributed by atoms with Crippen LogP contribution in [-0.4, -0.2) is 45.8 Å². The van der Waals surface area contributed by atoms with Crippen LogP contribution in [0.2, 0.25) is 0 Å². The lowest BCUT2D eigenvalue weighted by atomic mass is 10.2. The summed E-state index contributed by atoms with van der Waals surface area (Å²) in [5.74, 6) is 0. The zero-order valence-corrected chi connectivity index (χ0v) is 12.6. The van der Waals surface area contributed by atoms with Crippen LogP contribution in [0.25, 0.3) is 12.2 Å². The first-order valence-electron chi connectivity index (χ1n) is 7.71. The predicted molar refractivity (Wildman–Crippen MR) is 86.5 cm³/mol. The number of carbonyl (C=O) groups is 1. The Morgan fingerprint density at radius 3 is 2.55 bits per heavy atom. The third-order valence-electron chi connectivity index (χ3n) is 3.97. The summed E-state index contributed by atoms with van der Waals surface area (Å²) in [4.78, 5) is 13.6. The number of hydrogen-bond acceptors (Lipinski definition) is 4. The Bertz CT molecular complexity index is 642. The molecule has 114 valence electrons. The Morgan fingerprint density at radius 1 is 1.05 bits per heavy atom. The maximum atomic E-state index is 11.2. The van der Waals surface area contributed by atoms with Gasteiger partial charge in [0.25, 0.3) is 0 Å². The molecule has 0 amide bonds. The quantitative estimate of drug-likeness (QED) is 0.768. The largest absolute Gasteiger partial charge is 0.301 e. The van der Waals surface area contributed by atoms with E-state index in [1.54, 1.807) is 0 Å². The number of likely N-dealkylation sites (tertiary alicyclic amines) is 1. The van der Waals surface area contributed by atoms with Gasteiger partial charge in [0, 0.05) is 6.54 Å². The molecule has 2 heterocycles. The van der Waals surface area contributed by atoms with Crippen LogP contribution in [0.1, 0.15) is 34.6 Å². The summed E-state index contributed by atoms with van der Waals surface area (Å²) in [5.41, 5.74) is 2.26. The van der Waals surface area contributed by atoms with Gasteiger partial charge in [-0.25, -0.2) is 4.68 Å². The molecule has 1 aliphatic heterocycles. The maximum Gasteiger partial charge on any atom is 0.172 e. The monoisotopic (exact) mass is 296 g/mol. The fourth-order valence-electron chi connectivity index (χ4n) is 2.74. The molecule has 1 fully saturated rings. The highest BCUT2D eigenvalue weighted by atomic mass is 16.1. The first-order valence-corrected chi connectivity index (χ1v) is 7.71. The van der Waals surface area contributed by atoms with E-state index < -0.39 is 0 Å². The van der Waals surface area contributed by atoms with E-state index in [0.29, 0.717) is 5.69 Å². The van der Waals surface area contributed by atoms with E-state index in [2.05, 4.69) is 15.2 Å². The zero-order valence-electron chi connectivity index (χ0n) is 12.6. The highest BCUT2D eigenvalue weighted by Gasteiger charge is 2.14. The minimum Gasteiger partial charge on any atom is -0.301 e. The normalized spacial score (nSPS) is 15.6. The third kappa shape index (κ3) is 3.49. The summed E-state index contributed by atoms with van der Waals surface area (Å²) in [6.45, 7) is 4.03. The van der Waals surface area contributed by atoms with E-state index in [9.17, 15) is 4.79 Å². The van der Waals surface area contributed by atoms with Crippen LogP contribution in [0, 0.1) is 0 Å². The van der Waals surface area contributed by atoms with Gasteiger partial charge in [-0.2, -0.15) is 0 Å². The van der Waals surface area contributed by atoms with Crippen molar-refractivity contribution in [1.29, 1.82) is 0 Å². The number of rotatable bonds is 6. The van der Waals surface area contributed by atoms with Crippen molar-refractivity contribution in [2.75, 3.05) is 19.6 Å². The lowest BCUT2D eigenvalue weighted by Gasteiger charge is -2.14. The molecule has 1 aromatic heterocycles. The molecule has 1 aromatic carbocycles. The van der Waals surface area contributed by atoms with E-state index in [-0.39, 0.29) is 0 Å². The smallest absolute Gasteiger partial charge is 0.172 e. The maximum absolute atomic E-state index is 11.2. The molecule has 0 unspecified atom stereocenters. The average molecular weight is 296 g/mol. The van der Waals surface area contributed by atoms with Crippen LogP contribution in [0.5, 0.6) is 0 Å². The molecule has 5 nitrogen and oxygen atoms in total. The Labute approximate surface area is 130 Å². The fraction of sp³-hybridized carbons (Fsp3) is 0.353. The molecule has 5 heteroatoms. The molecular weight excluding hydrogens is 276 g/mol. The summed E-state index contributed by atoms with van der Waals surface area (Å²) < 4.78 is 1.82. The molecule has 0 aliphatic carbocycles. The minimum absolute atomic E-state index is 0.397. The SMILES string of the molecule is O=Cc1nnn(CCN2CCCC2)c1/C=C/c1ccccc1. The lowest BCUT2D eigenvalue weighted by molar-refractivity contribution is 0.111. The predicted octanol–water partition coefficient (Wildman–Crippen LogP) is 2.36. The van der Waals surface area contributed by atoms with Crippen molar-refractivity contribution in [1.82, 2.24) is 19.9 Å². The summed E-state index contributed by atoms with van der Waals surface area (Å²) in [6.07, 6.45) is 7.22. The number of nitrogens with zero attached hydrogens (tertiary/aromatic N) is 4. The van der Waals surface area contributed by atoms with E-state index in [0.717, 1.165) is 43.7 Å². The molecule has 22 heavy (non-hydrogen) atoms. The average Bonchev–Trinajstić information content (AvgIpc) is 3.21. The van der Waals surface area contributed by atoms with Gasteiger partial charge in [0.15, 0.2) is 12.0 Å². The van der Waals surface area contributed by atoms with Crippen molar-refractivity contribution in [2.24, 2.45) is 0 Å². The van der Waals surface area contributed by atoms with Crippen LogP contribution in [0.4, 0.5) is 0 Å². The highest BCUT2D eigenvalue weighted by Crippen LogP contribution is 2.12. The third-order valence-corrected chi connectivity index (χ3v) is 3.97. The van der Waals surface area contributed by atoms with Crippen LogP contribution >= 0.6 is 0 Å². The van der Waals surface area contributed by atoms with Gasteiger partial charge in [0.1, 0.15) is 0 Å². The van der Waals surface area contributed by atoms with Gasteiger partial charge >= 0.3 is 0 Å². The molecule has 0 radical (unpaired) electrons. The summed E-state index contributed by atoms with van der Waals surface area (Å²) in [5, 5.41) is 8.08. The second-order valence-electron chi connectivity index (χ2n) is 5.49. The van der Waals surface area contributed by atoms with Gasteiger partial charge in [-0.1, -0.05) is 41.6 Å². The first-order chi connectivity index (χ1) is 10.9. The van der Waals surface area contributed by atoms with E-state index in [4.69, 9.17) is 0 Å². The van der Waals surface area contributed by atoms with Gasteiger partial charge in [-0.3, -0.25) is 4.79 Å². The van der Waals surface area contributed by atoms with Crippen molar-refractivity contribution < 1.29 is 4.79 Å². The molecule has 2 aromatic rings. The van der Waals surface area contributed by atoms with Crippen LogP contribution in [0.15, 0.2) is 30.3 Å². The molecule has 0 N–H and O–H groups in total. The van der Waals surface area contributed by atoms with Crippen molar-refractivity contribution >= 4 is 18.4 Å². The summed E-state index contributed by atoms with van der Waals surface area (Å²) in [7, 11) is 0. The van der Waals surface area contributed by atoms with Gasteiger partial charge < -0.3 is 4.90 Å². The van der Waals surface area contributed by atoms with Crippen LogP contribution in [0.3, 0.4) is 0 Å². The van der Waals surface area contributed by atoms with Crippen molar-refractivity contribution in [3.8, 4) is 0 Å². The minimum atomic E-state index is 0.397. The van der Waals surface area contributed by atoms with Crippen molar-refractivity contribution in [3.05, 3.63) is 47.3 Å². The van der Waals surface area contributed by atoms with Gasteiger partial charge in [0.2, 0.25) is 0 Å². The standard InChI is InChI=1S/C17H20N4O/c22-14-16-17(9-8-15-6-2-1-3-7-15)21(19-18-16)13-12-20-10-4-5-11-20/h1-3,6-9,14H,4-5,10-13H2/b9-8+. The molecule has 0 bridgehead atoms. The molecule has 0 saturated carbocycles. The van der Waals surface area contributed by atoms with Crippen LogP contribution in [-0.2, 0) is 6.54 Å². The number of hydrogen-bond donors (Lipinski definition) is 0. The molecule has 0 atom stereocenters. The van der Waals surface area contributed by atoms with Crippen LogP contribution < -0.4 is 0 Å². The molecular formula is C17H20N4O. The van der Waals surface area contributed by atoms with E-state index in [1.165, 1.54) is 12.8 Å². The Balaban J connectivity index is 1.74. The van der Waals surface area contributed by atoms with Gasteiger partial charge in [0.05, 0.1) is 12.2 Å². The molecule has 1 aliphatic rings. The Morgan fingerprint density at radius 2 is 1.82 bits per heavy atom. The Hall–Kier alpha value is -2.27. The number of carbonyl (C=O) groups excluding carboxylic acids is 1. The van der Waals surface area contributed by atoms with E-state index >= 15 is 0 Å². The zero-order chi connectivity index (χ0) is 15.2. The van der Waals surface area contributed by atoms with Crippen molar-refractivity contribution in [3.63, 3.8) is 0 Å². The van der Waals surface area contributed by atoms with E-state index in [1.807, 2.05) is 47.2 Å². The van der Waals surface area contributed by atoms with Gasteiger partial charge in [-0.15, -0.1) is 5.10 Å². The first kappa shape index (κ1) is 14.7. The second-order valence-corrected chi connectivity index (χ2v) is 5.49. The number of aromatic nitrogens is 3. The topological polar surface area (TPSA) is 51.0 Å². The number of benzene rings is 1. The highest BCUT2D eigenvalue weighted by molar-refractivity contribution is 5.81. The summed E-state index contributed by atoms with van der Waals surface area (Å²) >= 11 is 0. The molecule has 3 rings (SSSR count). The summed E-state index contributed by atoms with van der Waals surface area (Å²) in [6, 6.07) is 10.0. The lowest BCUT2D eigenvalue weighted by Crippen LogP contribution is -2.24. The Kier molecular flexibility index (Phi) is 4.75. The fourth-order valence-corrected chi connectivity index (χ4v) is 2.74. The van der Waals surface area contributed by atoms with Gasteiger partial charge in [-0.05, 0) is 37.6 Å². The number of aldehydes is 1. The second kappa shape index (κ2) is 7.13. The molecule has 1 saturated heterocycles. The van der Waals surface area contributed by atoms with Crippen molar-refractivity contribution in [2.45, 2.75) is 19.4 Å². The molecule has 0 spiro atoms.